The van der Waals surface area contributed by atoms with Gasteiger partial charge >= 0.3 is 6.09 Å². The summed E-state index contributed by atoms with van der Waals surface area (Å²) in [4.78, 5) is 14.1. The third kappa shape index (κ3) is 5.15. The van der Waals surface area contributed by atoms with E-state index >= 15 is 0 Å². The molecule has 2 saturated heterocycles. The van der Waals surface area contributed by atoms with Crippen LogP contribution >= 0.6 is 0 Å². The molecule has 122 valence electrons. The van der Waals surface area contributed by atoms with Crippen LogP contribution in [0.1, 0.15) is 53.4 Å². The first-order valence-electron chi connectivity index (χ1n) is 8.31. The molecule has 5 heteroatoms. The Morgan fingerprint density at radius 1 is 1.29 bits per heavy atom. The highest BCUT2D eigenvalue weighted by Crippen LogP contribution is 2.21. The van der Waals surface area contributed by atoms with E-state index < -0.39 is 5.60 Å². The number of piperidine rings is 2. The van der Waals surface area contributed by atoms with Gasteiger partial charge in [-0.15, -0.1) is 0 Å². The lowest BCUT2D eigenvalue weighted by molar-refractivity contribution is 0.00888. The fourth-order valence-electron chi connectivity index (χ4n) is 3.24. The van der Waals surface area contributed by atoms with Gasteiger partial charge in [0.1, 0.15) is 5.60 Å². The number of carbonyl (C=O) groups is 1. The molecule has 2 fully saturated rings. The van der Waals surface area contributed by atoms with Gasteiger partial charge in [-0.25, -0.2) is 4.79 Å². The zero-order valence-corrected chi connectivity index (χ0v) is 13.9. The van der Waals surface area contributed by atoms with Gasteiger partial charge in [-0.3, -0.25) is 0 Å². The summed E-state index contributed by atoms with van der Waals surface area (Å²) in [5, 5.41) is 7.20. The SMILES string of the molecule is CC1CC(NC2CCCNC2)CCN1C(=O)OC(C)(C)C. The van der Waals surface area contributed by atoms with Gasteiger partial charge in [0.2, 0.25) is 0 Å². The van der Waals surface area contributed by atoms with Crippen molar-refractivity contribution in [2.45, 2.75) is 77.1 Å². The molecular formula is C16H31N3O2. The highest BCUT2D eigenvalue weighted by molar-refractivity contribution is 5.68. The van der Waals surface area contributed by atoms with Crippen LogP contribution in [0.15, 0.2) is 0 Å². The fourth-order valence-corrected chi connectivity index (χ4v) is 3.24. The molecule has 5 nitrogen and oxygen atoms in total. The highest BCUT2D eigenvalue weighted by atomic mass is 16.6. The van der Waals surface area contributed by atoms with Crippen LogP contribution in [0.4, 0.5) is 4.79 Å². The zero-order valence-electron chi connectivity index (χ0n) is 13.9. The first kappa shape index (κ1) is 16.6. The van der Waals surface area contributed by atoms with Crippen molar-refractivity contribution >= 4 is 6.09 Å². The summed E-state index contributed by atoms with van der Waals surface area (Å²) in [6.45, 7) is 10.9. The minimum absolute atomic E-state index is 0.173. The Kier molecular flexibility index (Phi) is 5.49. The number of ether oxygens (including phenoxy) is 1. The predicted molar refractivity (Wildman–Crippen MR) is 84.5 cm³/mol. The van der Waals surface area contributed by atoms with Crippen molar-refractivity contribution in [3.8, 4) is 0 Å². The molecule has 2 heterocycles. The van der Waals surface area contributed by atoms with Crippen LogP contribution in [0, 0.1) is 0 Å². The number of nitrogens with one attached hydrogen (secondary N) is 2. The second-order valence-corrected chi connectivity index (χ2v) is 7.45. The molecule has 0 saturated carbocycles. The molecule has 0 spiro atoms. The van der Waals surface area contributed by atoms with Gasteiger partial charge in [-0.05, 0) is 59.9 Å². The third-order valence-corrected chi connectivity index (χ3v) is 4.27. The molecule has 0 aromatic heterocycles. The minimum atomic E-state index is -0.417. The van der Waals surface area contributed by atoms with Crippen molar-refractivity contribution in [1.82, 2.24) is 15.5 Å². The van der Waals surface area contributed by atoms with E-state index in [0.29, 0.717) is 12.1 Å². The van der Waals surface area contributed by atoms with Gasteiger partial charge < -0.3 is 20.3 Å². The largest absolute Gasteiger partial charge is 0.444 e. The van der Waals surface area contributed by atoms with Gasteiger partial charge in [-0.2, -0.15) is 0 Å². The average molecular weight is 297 g/mol. The van der Waals surface area contributed by atoms with Gasteiger partial charge in [-0.1, -0.05) is 0 Å². The Labute approximate surface area is 128 Å². The van der Waals surface area contributed by atoms with Crippen molar-refractivity contribution in [3.05, 3.63) is 0 Å². The number of likely N-dealkylation sites (tertiary alicyclic amines) is 1. The lowest BCUT2D eigenvalue weighted by Gasteiger charge is -2.40. The zero-order chi connectivity index (χ0) is 15.5. The minimum Gasteiger partial charge on any atom is -0.444 e. The maximum Gasteiger partial charge on any atom is 0.410 e. The van der Waals surface area contributed by atoms with E-state index in [-0.39, 0.29) is 12.1 Å². The van der Waals surface area contributed by atoms with Gasteiger partial charge in [0, 0.05) is 31.2 Å². The van der Waals surface area contributed by atoms with E-state index in [4.69, 9.17) is 4.74 Å². The smallest absolute Gasteiger partial charge is 0.410 e. The topological polar surface area (TPSA) is 53.6 Å². The Morgan fingerprint density at radius 2 is 2.05 bits per heavy atom. The number of hydrogen-bond donors (Lipinski definition) is 2. The number of rotatable bonds is 2. The summed E-state index contributed by atoms with van der Waals surface area (Å²) in [6.07, 6.45) is 4.36. The quantitative estimate of drug-likeness (QED) is 0.820. The lowest BCUT2D eigenvalue weighted by Crippen LogP contribution is -2.54. The Bertz CT molecular complexity index is 348. The summed E-state index contributed by atoms with van der Waals surface area (Å²) in [5.41, 5.74) is -0.417. The van der Waals surface area contributed by atoms with Gasteiger partial charge in [0.05, 0.1) is 0 Å². The van der Waals surface area contributed by atoms with Gasteiger partial charge in [0.15, 0.2) is 0 Å². The van der Waals surface area contributed by atoms with Crippen molar-refractivity contribution < 1.29 is 9.53 Å². The molecule has 3 atom stereocenters. The van der Waals surface area contributed by atoms with Crippen LogP contribution in [0.2, 0.25) is 0 Å². The molecule has 2 aliphatic rings. The molecule has 2 aliphatic heterocycles. The van der Waals surface area contributed by atoms with E-state index in [0.717, 1.165) is 32.5 Å². The maximum atomic E-state index is 12.2. The van der Waals surface area contributed by atoms with E-state index in [9.17, 15) is 4.79 Å². The molecular weight excluding hydrogens is 266 g/mol. The van der Waals surface area contributed by atoms with E-state index in [2.05, 4.69) is 17.6 Å². The second kappa shape index (κ2) is 6.97. The fraction of sp³-hybridized carbons (Fsp3) is 0.938. The molecule has 2 rings (SSSR count). The number of hydrogen-bond acceptors (Lipinski definition) is 4. The maximum absolute atomic E-state index is 12.2. The Morgan fingerprint density at radius 3 is 2.62 bits per heavy atom. The Hall–Kier alpha value is -0.810. The van der Waals surface area contributed by atoms with E-state index in [1.54, 1.807) is 0 Å². The van der Waals surface area contributed by atoms with Crippen molar-refractivity contribution in [2.24, 2.45) is 0 Å². The summed E-state index contributed by atoms with van der Waals surface area (Å²) in [6, 6.07) is 1.34. The highest BCUT2D eigenvalue weighted by Gasteiger charge is 2.32. The van der Waals surface area contributed by atoms with Crippen LogP contribution in [-0.2, 0) is 4.74 Å². The van der Waals surface area contributed by atoms with Crippen molar-refractivity contribution in [2.75, 3.05) is 19.6 Å². The van der Waals surface area contributed by atoms with Crippen LogP contribution < -0.4 is 10.6 Å². The molecule has 3 unspecified atom stereocenters. The molecule has 21 heavy (non-hydrogen) atoms. The lowest BCUT2D eigenvalue weighted by atomic mass is 9.96. The van der Waals surface area contributed by atoms with Crippen molar-refractivity contribution in [3.63, 3.8) is 0 Å². The molecule has 1 amide bonds. The number of carbonyl (C=O) groups excluding carboxylic acids is 1. The molecule has 0 bridgehead atoms. The summed E-state index contributed by atoms with van der Waals surface area (Å²) < 4.78 is 5.49. The molecule has 0 aromatic rings. The second-order valence-electron chi connectivity index (χ2n) is 7.45. The average Bonchev–Trinajstić information content (AvgIpc) is 2.37. The first-order valence-corrected chi connectivity index (χ1v) is 8.31. The van der Waals surface area contributed by atoms with Crippen molar-refractivity contribution in [1.29, 1.82) is 0 Å². The number of nitrogens with zero attached hydrogens (tertiary/aromatic N) is 1. The summed E-state index contributed by atoms with van der Waals surface area (Å²) >= 11 is 0. The molecule has 2 N–H and O–H groups in total. The third-order valence-electron chi connectivity index (χ3n) is 4.27. The Balaban J connectivity index is 1.79. The standard InChI is InChI=1S/C16H31N3O2/c1-12-10-13(18-14-6-5-8-17-11-14)7-9-19(12)15(20)21-16(2,3)4/h12-14,17-18H,5-11H2,1-4H3. The van der Waals surface area contributed by atoms with Crippen LogP contribution in [0.3, 0.4) is 0 Å². The molecule has 0 radical (unpaired) electrons. The first-order chi connectivity index (χ1) is 9.85. The van der Waals surface area contributed by atoms with E-state index in [1.807, 2.05) is 25.7 Å². The predicted octanol–water partition coefficient (Wildman–Crippen LogP) is 2.12. The van der Waals surface area contributed by atoms with Crippen LogP contribution in [0.5, 0.6) is 0 Å². The molecule has 0 aromatic carbocycles. The summed E-state index contributed by atoms with van der Waals surface area (Å²) in [7, 11) is 0. The van der Waals surface area contributed by atoms with Crippen LogP contribution in [0.25, 0.3) is 0 Å². The number of amides is 1. The molecule has 0 aliphatic carbocycles. The monoisotopic (exact) mass is 297 g/mol. The van der Waals surface area contributed by atoms with Crippen LogP contribution in [-0.4, -0.2) is 54.4 Å². The van der Waals surface area contributed by atoms with Gasteiger partial charge in [0.25, 0.3) is 0 Å². The normalized spacial score (nSPS) is 31.0. The van der Waals surface area contributed by atoms with E-state index in [1.165, 1.54) is 12.8 Å². The summed E-state index contributed by atoms with van der Waals surface area (Å²) in [5.74, 6) is 0.